The maximum atomic E-state index is 11.6. The van der Waals surface area contributed by atoms with Crippen LogP contribution in [0.25, 0.3) is 0 Å². The van der Waals surface area contributed by atoms with Gasteiger partial charge in [-0.25, -0.2) is 8.42 Å². The Balaban J connectivity index is 2.86. The zero-order chi connectivity index (χ0) is 13.8. The lowest BCUT2D eigenvalue weighted by atomic mass is 10.1. The van der Waals surface area contributed by atoms with Gasteiger partial charge in [-0.05, 0) is 32.9 Å². The van der Waals surface area contributed by atoms with E-state index >= 15 is 0 Å². The highest BCUT2D eigenvalue weighted by Gasteiger charge is 2.19. The molecule has 1 N–H and O–H groups in total. The van der Waals surface area contributed by atoms with Gasteiger partial charge >= 0.3 is 0 Å². The summed E-state index contributed by atoms with van der Waals surface area (Å²) in [5.41, 5.74) is 0.284. The van der Waals surface area contributed by atoms with E-state index < -0.39 is 9.84 Å². The molecule has 0 atom stereocenters. The number of anilines is 1. The summed E-state index contributed by atoms with van der Waals surface area (Å²) >= 11 is 0. The van der Waals surface area contributed by atoms with Crippen LogP contribution < -0.4 is 5.32 Å². The molecule has 1 rings (SSSR count). The number of rotatable bonds is 6. The summed E-state index contributed by atoms with van der Waals surface area (Å²) in [6.07, 6.45) is 1.21. The minimum atomic E-state index is -3.22. The molecule has 1 aromatic carbocycles. The zero-order valence-electron chi connectivity index (χ0n) is 11.4. The molecule has 4 nitrogen and oxygen atoms in total. The highest BCUT2D eigenvalue weighted by Crippen LogP contribution is 2.21. The van der Waals surface area contributed by atoms with Crippen LogP contribution in [0.5, 0.6) is 0 Å². The normalized spacial score (nSPS) is 12.4. The van der Waals surface area contributed by atoms with E-state index in [9.17, 15) is 8.42 Å². The van der Waals surface area contributed by atoms with E-state index in [1.807, 2.05) is 26.8 Å². The van der Waals surface area contributed by atoms with Gasteiger partial charge in [0.15, 0.2) is 9.84 Å². The molecule has 0 aliphatic rings. The minimum Gasteiger partial charge on any atom is -0.381 e. The SMILES string of the molecule is CCOC(C)(C)CNc1ccccc1S(C)(=O)=O. The lowest BCUT2D eigenvalue weighted by Crippen LogP contribution is -2.33. The summed E-state index contributed by atoms with van der Waals surface area (Å²) < 4.78 is 28.8. The summed E-state index contributed by atoms with van der Waals surface area (Å²) in [4.78, 5) is 0.317. The number of hydrogen-bond donors (Lipinski definition) is 1. The Morgan fingerprint density at radius 2 is 1.89 bits per heavy atom. The quantitative estimate of drug-likeness (QED) is 0.862. The zero-order valence-corrected chi connectivity index (χ0v) is 12.2. The summed E-state index contributed by atoms with van der Waals surface area (Å²) in [6.45, 7) is 7.04. The second kappa shape index (κ2) is 5.71. The molecule has 0 amide bonds. The fraction of sp³-hybridized carbons (Fsp3) is 0.538. The fourth-order valence-corrected chi connectivity index (χ4v) is 2.55. The van der Waals surface area contributed by atoms with Crippen LogP contribution >= 0.6 is 0 Å². The molecule has 0 radical (unpaired) electrons. The van der Waals surface area contributed by atoms with E-state index in [1.54, 1.807) is 18.2 Å². The van der Waals surface area contributed by atoms with Gasteiger partial charge in [0.2, 0.25) is 0 Å². The van der Waals surface area contributed by atoms with Gasteiger partial charge in [0.05, 0.1) is 16.2 Å². The first-order valence-corrected chi connectivity index (χ1v) is 7.82. The smallest absolute Gasteiger partial charge is 0.177 e. The third-order valence-electron chi connectivity index (χ3n) is 2.53. The van der Waals surface area contributed by atoms with Gasteiger partial charge in [-0.2, -0.15) is 0 Å². The second-order valence-corrected chi connectivity index (χ2v) is 6.80. The number of nitrogens with one attached hydrogen (secondary N) is 1. The van der Waals surface area contributed by atoms with Gasteiger partial charge in [-0.15, -0.1) is 0 Å². The topological polar surface area (TPSA) is 55.4 Å². The van der Waals surface area contributed by atoms with Crippen LogP contribution in [0.1, 0.15) is 20.8 Å². The summed E-state index contributed by atoms with van der Waals surface area (Å²) in [7, 11) is -3.22. The monoisotopic (exact) mass is 271 g/mol. The molecule has 0 aromatic heterocycles. The molecule has 5 heteroatoms. The van der Waals surface area contributed by atoms with Crippen molar-refractivity contribution in [1.82, 2.24) is 0 Å². The van der Waals surface area contributed by atoms with E-state index in [0.717, 1.165) is 0 Å². The van der Waals surface area contributed by atoms with Gasteiger partial charge in [-0.1, -0.05) is 12.1 Å². The molecule has 18 heavy (non-hydrogen) atoms. The highest BCUT2D eigenvalue weighted by molar-refractivity contribution is 7.90. The van der Waals surface area contributed by atoms with Crippen LogP contribution in [-0.4, -0.2) is 33.4 Å². The van der Waals surface area contributed by atoms with Crippen molar-refractivity contribution in [2.75, 3.05) is 24.7 Å². The summed E-state index contributed by atoms with van der Waals surface area (Å²) in [6, 6.07) is 6.89. The first-order chi connectivity index (χ1) is 8.26. The molecule has 0 aliphatic carbocycles. The van der Waals surface area contributed by atoms with Gasteiger partial charge in [0.25, 0.3) is 0 Å². The standard InChI is InChI=1S/C13H21NO3S/c1-5-17-13(2,3)10-14-11-8-6-7-9-12(11)18(4,15)16/h6-9,14H,5,10H2,1-4H3. The van der Waals surface area contributed by atoms with Crippen molar-refractivity contribution in [2.45, 2.75) is 31.3 Å². The number of sulfone groups is 1. The van der Waals surface area contributed by atoms with E-state index in [4.69, 9.17) is 4.74 Å². The van der Waals surface area contributed by atoms with E-state index in [-0.39, 0.29) is 5.60 Å². The van der Waals surface area contributed by atoms with Crippen molar-refractivity contribution in [2.24, 2.45) is 0 Å². The van der Waals surface area contributed by atoms with Crippen molar-refractivity contribution in [1.29, 1.82) is 0 Å². The van der Waals surface area contributed by atoms with E-state index in [0.29, 0.717) is 23.7 Å². The Morgan fingerprint density at radius 3 is 2.44 bits per heavy atom. The minimum absolute atomic E-state index is 0.317. The highest BCUT2D eigenvalue weighted by atomic mass is 32.2. The number of benzene rings is 1. The van der Waals surface area contributed by atoms with E-state index in [1.165, 1.54) is 6.26 Å². The average molecular weight is 271 g/mol. The van der Waals surface area contributed by atoms with Crippen LogP contribution in [0.3, 0.4) is 0 Å². The number of para-hydroxylation sites is 1. The maximum absolute atomic E-state index is 11.6. The predicted molar refractivity (Wildman–Crippen MR) is 73.7 cm³/mol. The van der Waals surface area contributed by atoms with Crippen molar-refractivity contribution < 1.29 is 13.2 Å². The van der Waals surface area contributed by atoms with Crippen molar-refractivity contribution in [3.05, 3.63) is 24.3 Å². The number of ether oxygens (including phenoxy) is 1. The Labute approximate surface area is 109 Å². The molecule has 1 aromatic rings. The summed E-state index contributed by atoms with van der Waals surface area (Å²) in [5.74, 6) is 0. The van der Waals surface area contributed by atoms with Gasteiger partial charge in [0.1, 0.15) is 0 Å². The molecular weight excluding hydrogens is 250 g/mol. The van der Waals surface area contributed by atoms with Crippen LogP contribution in [0, 0.1) is 0 Å². The van der Waals surface area contributed by atoms with E-state index in [2.05, 4.69) is 5.32 Å². The van der Waals surface area contributed by atoms with Crippen LogP contribution in [0.2, 0.25) is 0 Å². The van der Waals surface area contributed by atoms with Crippen molar-refractivity contribution in [3.8, 4) is 0 Å². The third kappa shape index (κ3) is 4.31. The predicted octanol–water partition coefficient (Wildman–Crippen LogP) is 2.32. The van der Waals surface area contributed by atoms with Crippen molar-refractivity contribution >= 4 is 15.5 Å². The molecule has 0 aliphatic heterocycles. The van der Waals surface area contributed by atoms with Gasteiger partial charge < -0.3 is 10.1 Å². The van der Waals surface area contributed by atoms with Crippen molar-refractivity contribution in [3.63, 3.8) is 0 Å². The fourth-order valence-electron chi connectivity index (χ4n) is 1.69. The van der Waals surface area contributed by atoms with Gasteiger partial charge in [0, 0.05) is 19.4 Å². The first kappa shape index (κ1) is 15.0. The largest absolute Gasteiger partial charge is 0.381 e. The number of hydrogen-bond acceptors (Lipinski definition) is 4. The molecular formula is C13H21NO3S. The molecule has 102 valence electrons. The Hall–Kier alpha value is -1.07. The average Bonchev–Trinajstić information content (AvgIpc) is 2.26. The van der Waals surface area contributed by atoms with Gasteiger partial charge in [-0.3, -0.25) is 0 Å². The van der Waals surface area contributed by atoms with Crippen LogP contribution in [0.4, 0.5) is 5.69 Å². The molecule has 0 saturated heterocycles. The van der Waals surface area contributed by atoms with Crippen LogP contribution in [0.15, 0.2) is 29.2 Å². The Morgan fingerprint density at radius 1 is 1.28 bits per heavy atom. The summed E-state index contributed by atoms with van der Waals surface area (Å²) in [5, 5.41) is 3.14. The Bertz CT molecular complexity index is 495. The maximum Gasteiger partial charge on any atom is 0.177 e. The molecule has 0 fully saturated rings. The molecule has 0 spiro atoms. The lowest BCUT2D eigenvalue weighted by molar-refractivity contribution is 0.000660. The molecule has 0 saturated carbocycles. The Kier molecular flexibility index (Phi) is 4.76. The molecule has 0 heterocycles. The van der Waals surface area contributed by atoms with Crippen LogP contribution in [-0.2, 0) is 14.6 Å². The molecule has 0 unspecified atom stereocenters. The first-order valence-electron chi connectivity index (χ1n) is 5.93. The third-order valence-corrected chi connectivity index (χ3v) is 3.68. The lowest BCUT2D eigenvalue weighted by Gasteiger charge is -2.26. The second-order valence-electron chi connectivity index (χ2n) is 4.81. The molecule has 0 bridgehead atoms.